The second-order valence-corrected chi connectivity index (χ2v) is 9.28. The molecule has 0 saturated carbocycles. The highest BCUT2D eigenvalue weighted by Crippen LogP contribution is 2.20. The maximum absolute atomic E-state index is 12.5. The number of carbonyl (C=O) groups excluding carboxylic acids is 3. The SMILES string of the molecule is Cc1ccc(NC(=O)CSC2NC(=O)C(NC(=O)c3ccc(Br)cc3)C(N)N2)cc1Cl. The summed E-state index contributed by atoms with van der Waals surface area (Å²) in [5.41, 5.74) is 7.39. The largest absolute Gasteiger partial charge is 0.338 e. The highest BCUT2D eigenvalue weighted by atomic mass is 79.9. The summed E-state index contributed by atoms with van der Waals surface area (Å²) in [6, 6.07) is 11.0. The van der Waals surface area contributed by atoms with Gasteiger partial charge in [0.2, 0.25) is 11.8 Å². The van der Waals surface area contributed by atoms with Crippen LogP contribution >= 0.6 is 39.3 Å². The molecule has 2 aromatic rings. The summed E-state index contributed by atoms with van der Waals surface area (Å²) < 4.78 is 0.840. The van der Waals surface area contributed by atoms with Crippen LogP contribution in [0.5, 0.6) is 0 Å². The Bertz CT molecular complexity index is 991. The van der Waals surface area contributed by atoms with Crippen molar-refractivity contribution in [2.75, 3.05) is 11.1 Å². The van der Waals surface area contributed by atoms with Gasteiger partial charge in [-0.25, -0.2) is 0 Å². The van der Waals surface area contributed by atoms with E-state index >= 15 is 0 Å². The van der Waals surface area contributed by atoms with E-state index in [1.165, 1.54) is 11.8 Å². The van der Waals surface area contributed by atoms with E-state index in [0.717, 1.165) is 10.0 Å². The normalized spacial score (nSPS) is 20.6. The molecule has 164 valence electrons. The van der Waals surface area contributed by atoms with Crippen LogP contribution in [-0.4, -0.2) is 41.2 Å². The Kier molecular flexibility index (Phi) is 7.95. The average Bonchev–Trinajstić information content (AvgIpc) is 2.72. The number of hydrogen-bond donors (Lipinski definition) is 5. The van der Waals surface area contributed by atoms with Crippen molar-refractivity contribution in [1.82, 2.24) is 16.0 Å². The predicted octanol–water partition coefficient (Wildman–Crippen LogP) is 2.17. The third-order valence-electron chi connectivity index (χ3n) is 4.49. The van der Waals surface area contributed by atoms with Gasteiger partial charge in [0.1, 0.15) is 11.5 Å². The first-order valence-electron chi connectivity index (χ1n) is 9.29. The van der Waals surface area contributed by atoms with Crippen LogP contribution in [0.25, 0.3) is 0 Å². The van der Waals surface area contributed by atoms with E-state index in [9.17, 15) is 14.4 Å². The summed E-state index contributed by atoms with van der Waals surface area (Å²) in [6.45, 7) is 1.87. The molecular weight excluding hydrogens is 506 g/mol. The minimum Gasteiger partial charge on any atom is -0.338 e. The van der Waals surface area contributed by atoms with Gasteiger partial charge < -0.3 is 21.7 Å². The molecule has 0 aliphatic carbocycles. The molecule has 0 spiro atoms. The van der Waals surface area contributed by atoms with Crippen molar-refractivity contribution in [3.05, 3.63) is 63.1 Å². The lowest BCUT2D eigenvalue weighted by Crippen LogP contribution is -2.70. The zero-order valence-corrected chi connectivity index (χ0v) is 19.6. The number of amides is 3. The molecule has 11 heteroatoms. The van der Waals surface area contributed by atoms with Gasteiger partial charge in [0.05, 0.1) is 11.9 Å². The molecule has 3 rings (SSSR count). The maximum atomic E-state index is 12.5. The van der Waals surface area contributed by atoms with Crippen LogP contribution in [0.2, 0.25) is 5.02 Å². The summed E-state index contributed by atoms with van der Waals surface area (Å²) in [5.74, 6) is -1.02. The minimum atomic E-state index is -0.948. The first kappa shape index (κ1) is 23.6. The monoisotopic (exact) mass is 525 g/mol. The summed E-state index contributed by atoms with van der Waals surface area (Å²) in [6.07, 6.45) is -0.815. The lowest BCUT2D eigenvalue weighted by atomic mass is 10.1. The maximum Gasteiger partial charge on any atom is 0.252 e. The second kappa shape index (κ2) is 10.5. The molecule has 0 aromatic heterocycles. The molecule has 3 amide bonds. The number of nitrogens with one attached hydrogen (secondary N) is 4. The number of thioether (sulfide) groups is 1. The molecule has 31 heavy (non-hydrogen) atoms. The summed E-state index contributed by atoms with van der Waals surface area (Å²) >= 11 is 10.5. The molecule has 1 aliphatic heterocycles. The van der Waals surface area contributed by atoms with E-state index in [4.69, 9.17) is 17.3 Å². The molecule has 0 radical (unpaired) electrons. The Balaban J connectivity index is 1.49. The number of halogens is 2. The fourth-order valence-corrected chi connectivity index (χ4v) is 4.08. The van der Waals surface area contributed by atoms with Gasteiger partial charge in [-0.3, -0.25) is 19.7 Å². The van der Waals surface area contributed by atoms with E-state index in [1.54, 1.807) is 36.4 Å². The number of carbonyl (C=O) groups is 3. The van der Waals surface area contributed by atoms with Gasteiger partial charge >= 0.3 is 0 Å². The highest BCUT2D eigenvalue weighted by Gasteiger charge is 2.35. The van der Waals surface area contributed by atoms with Gasteiger partial charge in [0.15, 0.2) is 0 Å². The summed E-state index contributed by atoms with van der Waals surface area (Å²) in [4.78, 5) is 37.0. The number of hydrogen-bond acceptors (Lipinski definition) is 6. The van der Waals surface area contributed by atoms with Gasteiger partial charge in [-0.2, -0.15) is 0 Å². The molecular formula is C20H21BrClN5O3S. The molecule has 1 fully saturated rings. The van der Waals surface area contributed by atoms with Crippen molar-refractivity contribution >= 4 is 62.7 Å². The van der Waals surface area contributed by atoms with Gasteiger partial charge in [-0.15, -0.1) is 11.8 Å². The van der Waals surface area contributed by atoms with Gasteiger partial charge in [-0.05, 0) is 48.9 Å². The molecule has 1 heterocycles. The smallest absolute Gasteiger partial charge is 0.252 e. The highest BCUT2D eigenvalue weighted by molar-refractivity contribution is 9.10. The van der Waals surface area contributed by atoms with E-state index in [0.29, 0.717) is 16.3 Å². The molecule has 8 nitrogen and oxygen atoms in total. The Hall–Kier alpha value is -2.11. The molecule has 3 atom stereocenters. The molecule has 1 saturated heterocycles. The van der Waals surface area contributed by atoms with Crippen LogP contribution in [0, 0.1) is 6.92 Å². The lowest BCUT2D eigenvalue weighted by Gasteiger charge is -2.35. The van der Waals surface area contributed by atoms with Gasteiger partial charge in [-0.1, -0.05) is 33.6 Å². The van der Waals surface area contributed by atoms with Gasteiger partial charge in [0, 0.05) is 20.7 Å². The molecule has 1 aliphatic rings. The van der Waals surface area contributed by atoms with Crippen LogP contribution in [0.15, 0.2) is 46.9 Å². The Labute approximate surface area is 197 Å². The number of benzene rings is 2. The van der Waals surface area contributed by atoms with Crippen LogP contribution in [0.1, 0.15) is 15.9 Å². The predicted molar refractivity (Wildman–Crippen MR) is 126 cm³/mol. The third kappa shape index (κ3) is 6.44. The third-order valence-corrected chi connectivity index (χ3v) is 6.44. The fraction of sp³-hybridized carbons (Fsp3) is 0.250. The quantitative estimate of drug-likeness (QED) is 0.393. The first-order chi connectivity index (χ1) is 14.7. The van der Waals surface area contributed by atoms with Crippen LogP contribution in [0.3, 0.4) is 0 Å². The second-order valence-electron chi connectivity index (χ2n) is 6.86. The van der Waals surface area contributed by atoms with Crippen molar-refractivity contribution in [3.63, 3.8) is 0 Å². The van der Waals surface area contributed by atoms with Crippen molar-refractivity contribution in [3.8, 4) is 0 Å². The zero-order chi connectivity index (χ0) is 22.5. The van der Waals surface area contributed by atoms with Gasteiger partial charge in [0.25, 0.3) is 5.91 Å². The molecule has 3 unspecified atom stereocenters. The number of anilines is 1. The Morgan fingerprint density at radius 3 is 2.58 bits per heavy atom. The number of nitrogens with two attached hydrogens (primary N) is 1. The van der Waals surface area contributed by atoms with Crippen molar-refractivity contribution in [1.29, 1.82) is 0 Å². The van der Waals surface area contributed by atoms with Crippen molar-refractivity contribution in [2.45, 2.75) is 24.6 Å². The van der Waals surface area contributed by atoms with Crippen LogP contribution in [-0.2, 0) is 9.59 Å². The van der Waals surface area contributed by atoms with Crippen molar-refractivity contribution in [2.24, 2.45) is 5.73 Å². The number of rotatable bonds is 6. The van der Waals surface area contributed by atoms with E-state index in [2.05, 4.69) is 37.2 Å². The van der Waals surface area contributed by atoms with Crippen LogP contribution < -0.4 is 27.0 Å². The van der Waals surface area contributed by atoms with E-state index < -0.39 is 29.5 Å². The lowest BCUT2D eigenvalue weighted by molar-refractivity contribution is -0.125. The standard InChI is InChI=1S/C20H21BrClN5O3S/c1-10-2-7-13(8-14(10)22)24-15(28)9-31-20-26-17(23)16(19(30)27-20)25-18(29)11-3-5-12(21)6-4-11/h2-8,16-17,20,26H,9,23H2,1H3,(H,24,28)(H,25,29)(H,27,30). The van der Waals surface area contributed by atoms with Crippen LogP contribution in [0.4, 0.5) is 5.69 Å². The number of aryl methyl sites for hydroxylation is 1. The molecule has 2 aromatic carbocycles. The summed E-state index contributed by atoms with van der Waals surface area (Å²) in [7, 11) is 0. The molecule has 6 N–H and O–H groups in total. The van der Waals surface area contributed by atoms with Crippen molar-refractivity contribution < 1.29 is 14.4 Å². The molecule has 0 bridgehead atoms. The van der Waals surface area contributed by atoms with E-state index in [1.807, 2.05) is 13.0 Å². The first-order valence-corrected chi connectivity index (χ1v) is 11.5. The Morgan fingerprint density at radius 2 is 1.94 bits per heavy atom. The summed E-state index contributed by atoms with van der Waals surface area (Å²) in [5, 5.41) is 11.6. The fourth-order valence-electron chi connectivity index (χ4n) is 2.79. The zero-order valence-electron chi connectivity index (χ0n) is 16.4. The average molecular weight is 527 g/mol. The topological polar surface area (TPSA) is 125 Å². The Morgan fingerprint density at radius 1 is 1.23 bits per heavy atom. The van der Waals surface area contributed by atoms with E-state index in [-0.39, 0.29) is 11.7 Å². The minimum absolute atomic E-state index is 0.0755.